The van der Waals surface area contributed by atoms with Crippen molar-refractivity contribution in [3.63, 3.8) is 0 Å². The lowest BCUT2D eigenvalue weighted by molar-refractivity contribution is -0.141. The molecule has 1 atom stereocenters. The van der Waals surface area contributed by atoms with Crippen LogP contribution >= 0.6 is 0 Å². The first-order valence-electron chi connectivity index (χ1n) is 4.29. The van der Waals surface area contributed by atoms with Crippen LogP contribution in [-0.2, 0) is 9.59 Å². The summed E-state index contributed by atoms with van der Waals surface area (Å²) in [6, 6.07) is 0. The summed E-state index contributed by atoms with van der Waals surface area (Å²) in [5, 5.41) is 14.8. The molecule has 0 spiro atoms. The predicted molar refractivity (Wildman–Crippen MR) is 48.9 cm³/mol. The maximum Gasteiger partial charge on any atom is 0.308 e. The Morgan fingerprint density at radius 2 is 2.40 bits per heavy atom. The number of nitrogens with two attached hydrogens (primary N) is 1. The Labute approximate surface area is 84.1 Å². The van der Waals surface area contributed by atoms with E-state index in [1.54, 1.807) is 0 Å². The monoisotopic (exact) mass is 211 g/mol. The summed E-state index contributed by atoms with van der Waals surface area (Å²) in [7, 11) is 0. The first-order valence-corrected chi connectivity index (χ1v) is 4.29. The Hall–Kier alpha value is -2.12. The average molecular weight is 211 g/mol. The van der Waals surface area contributed by atoms with E-state index in [2.05, 4.69) is 15.2 Å². The van der Waals surface area contributed by atoms with Crippen LogP contribution in [-0.4, -0.2) is 38.7 Å². The van der Waals surface area contributed by atoms with Crippen molar-refractivity contribution in [2.45, 2.75) is 6.42 Å². The Morgan fingerprint density at radius 1 is 1.67 bits per heavy atom. The van der Waals surface area contributed by atoms with Crippen LogP contribution in [0.4, 0.5) is 11.9 Å². The second-order valence-electron chi connectivity index (χ2n) is 3.26. The second kappa shape index (κ2) is 3.23. The number of aromatic amines is 1. The van der Waals surface area contributed by atoms with Gasteiger partial charge in [0.1, 0.15) is 0 Å². The number of hydrogen-bond donors (Lipinski definition) is 3. The van der Waals surface area contributed by atoms with E-state index in [-0.39, 0.29) is 30.8 Å². The van der Waals surface area contributed by atoms with Gasteiger partial charge in [-0.2, -0.15) is 4.98 Å². The summed E-state index contributed by atoms with van der Waals surface area (Å²) in [4.78, 5) is 27.1. The number of carboxylic acid groups (broad SMARTS) is 1. The van der Waals surface area contributed by atoms with Crippen molar-refractivity contribution >= 4 is 23.8 Å². The molecule has 0 aromatic carbocycles. The minimum Gasteiger partial charge on any atom is -0.481 e. The fraction of sp³-hybridized carbons (Fsp3) is 0.429. The lowest BCUT2D eigenvalue weighted by Crippen LogP contribution is -2.26. The van der Waals surface area contributed by atoms with Crippen molar-refractivity contribution in [2.75, 3.05) is 17.2 Å². The number of hydrogen-bond acceptors (Lipinski definition) is 5. The van der Waals surface area contributed by atoms with Crippen LogP contribution in [0.1, 0.15) is 6.42 Å². The third kappa shape index (κ3) is 1.60. The topological polar surface area (TPSA) is 125 Å². The largest absolute Gasteiger partial charge is 0.481 e. The summed E-state index contributed by atoms with van der Waals surface area (Å²) in [5.74, 6) is -1.77. The van der Waals surface area contributed by atoms with Crippen molar-refractivity contribution in [3.8, 4) is 0 Å². The Balaban J connectivity index is 2.18. The van der Waals surface area contributed by atoms with E-state index in [1.807, 2.05) is 0 Å². The van der Waals surface area contributed by atoms with Gasteiger partial charge in [-0.15, -0.1) is 5.10 Å². The molecule has 8 nitrogen and oxygen atoms in total. The van der Waals surface area contributed by atoms with E-state index in [0.29, 0.717) is 0 Å². The Bertz CT molecular complexity index is 415. The Kier molecular flexibility index (Phi) is 2.03. The van der Waals surface area contributed by atoms with Gasteiger partial charge in [-0.1, -0.05) is 0 Å². The quantitative estimate of drug-likeness (QED) is 0.565. The average Bonchev–Trinajstić information content (AvgIpc) is 2.71. The zero-order valence-electron chi connectivity index (χ0n) is 7.67. The van der Waals surface area contributed by atoms with E-state index in [9.17, 15) is 9.59 Å². The van der Waals surface area contributed by atoms with Crippen LogP contribution in [0.5, 0.6) is 0 Å². The van der Waals surface area contributed by atoms with E-state index < -0.39 is 11.9 Å². The van der Waals surface area contributed by atoms with Crippen LogP contribution in [0.2, 0.25) is 0 Å². The molecule has 2 heterocycles. The van der Waals surface area contributed by atoms with Gasteiger partial charge in [-0.25, -0.2) is 5.10 Å². The van der Waals surface area contributed by atoms with Crippen LogP contribution in [0.15, 0.2) is 0 Å². The molecular formula is C7H9N5O3. The molecule has 0 bridgehead atoms. The van der Waals surface area contributed by atoms with Crippen molar-refractivity contribution in [1.29, 1.82) is 0 Å². The number of carbonyl (C=O) groups is 2. The SMILES string of the molecule is Nc1nc(N2CC(C(=O)O)CC2=O)n[nH]1. The molecule has 0 aliphatic carbocycles. The number of carbonyl (C=O) groups excluding carboxylic acids is 1. The normalized spacial score (nSPS) is 20.9. The summed E-state index contributed by atoms with van der Waals surface area (Å²) in [6.07, 6.45) is -0.0240. The molecule has 1 aromatic heterocycles. The molecule has 8 heteroatoms. The van der Waals surface area contributed by atoms with E-state index >= 15 is 0 Å². The molecular weight excluding hydrogens is 202 g/mol. The molecule has 1 fully saturated rings. The fourth-order valence-electron chi connectivity index (χ4n) is 1.45. The van der Waals surface area contributed by atoms with Gasteiger partial charge in [-0.05, 0) is 0 Å². The van der Waals surface area contributed by atoms with Crippen LogP contribution in [0.3, 0.4) is 0 Å². The standard InChI is InChI=1S/C7H9N5O3/c8-6-9-7(11-10-6)12-2-3(5(14)15)1-4(12)13/h3H,1-2H2,(H,14,15)(H3,8,9,10,11). The summed E-state index contributed by atoms with van der Waals surface area (Å²) in [6.45, 7) is 0.0888. The first kappa shape index (κ1) is 9.44. The van der Waals surface area contributed by atoms with Gasteiger partial charge < -0.3 is 10.8 Å². The molecule has 1 unspecified atom stereocenters. The van der Waals surface area contributed by atoms with Gasteiger partial charge in [0.2, 0.25) is 11.9 Å². The second-order valence-corrected chi connectivity index (χ2v) is 3.26. The minimum atomic E-state index is -0.991. The smallest absolute Gasteiger partial charge is 0.308 e. The van der Waals surface area contributed by atoms with Crippen molar-refractivity contribution in [3.05, 3.63) is 0 Å². The third-order valence-electron chi connectivity index (χ3n) is 2.21. The van der Waals surface area contributed by atoms with E-state index in [0.717, 1.165) is 0 Å². The molecule has 2 rings (SSSR count). The molecule has 80 valence electrons. The molecule has 1 aromatic rings. The summed E-state index contributed by atoms with van der Waals surface area (Å²) in [5.41, 5.74) is 5.30. The van der Waals surface area contributed by atoms with E-state index in [4.69, 9.17) is 10.8 Å². The maximum absolute atomic E-state index is 11.4. The zero-order chi connectivity index (χ0) is 11.0. The van der Waals surface area contributed by atoms with Crippen molar-refractivity contribution < 1.29 is 14.7 Å². The Morgan fingerprint density at radius 3 is 2.87 bits per heavy atom. The van der Waals surface area contributed by atoms with Crippen LogP contribution < -0.4 is 10.6 Å². The lowest BCUT2D eigenvalue weighted by atomic mass is 10.1. The number of aromatic nitrogens is 3. The number of nitrogens with zero attached hydrogens (tertiary/aromatic N) is 3. The number of nitrogens with one attached hydrogen (secondary N) is 1. The highest BCUT2D eigenvalue weighted by molar-refractivity contribution is 5.97. The van der Waals surface area contributed by atoms with Crippen molar-refractivity contribution in [2.24, 2.45) is 5.92 Å². The lowest BCUT2D eigenvalue weighted by Gasteiger charge is -2.09. The third-order valence-corrected chi connectivity index (χ3v) is 2.21. The molecule has 0 radical (unpaired) electrons. The molecule has 0 saturated carbocycles. The zero-order valence-corrected chi connectivity index (χ0v) is 7.67. The fourth-order valence-corrected chi connectivity index (χ4v) is 1.45. The van der Waals surface area contributed by atoms with Gasteiger partial charge in [0, 0.05) is 13.0 Å². The highest BCUT2D eigenvalue weighted by Gasteiger charge is 2.36. The molecule has 4 N–H and O–H groups in total. The number of aliphatic carboxylic acids is 1. The molecule has 15 heavy (non-hydrogen) atoms. The number of amides is 1. The van der Waals surface area contributed by atoms with Gasteiger partial charge in [0.25, 0.3) is 5.95 Å². The van der Waals surface area contributed by atoms with Crippen LogP contribution in [0.25, 0.3) is 0 Å². The first-order chi connectivity index (χ1) is 7.08. The van der Waals surface area contributed by atoms with E-state index in [1.165, 1.54) is 4.90 Å². The van der Waals surface area contributed by atoms with Gasteiger partial charge in [-0.3, -0.25) is 14.5 Å². The molecule has 1 aliphatic heterocycles. The maximum atomic E-state index is 11.4. The highest BCUT2D eigenvalue weighted by atomic mass is 16.4. The minimum absolute atomic E-state index is 0.0240. The predicted octanol–water partition coefficient (Wildman–Crippen LogP) is -1.18. The van der Waals surface area contributed by atoms with Crippen molar-refractivity contribution in [1.82, 2.24) is 15.2 Å². The number of anilines is 2. The number of H-pyrrole nitrogens is 1. The number of rotatable bonds is 2. The molecule has 1 saturated heterocycles. The van der Waals surface area contributed by atoms with Gasteiger partial charge in [0.15, 0.2) is 0 Å². The van der Waals surface area contributed by atoms with Gasteiger partial charge in [0.05, 0.1) is 5.92 Å². The molecule has 1 aliphatic rings. The van der Waals surface area contributed by atoms with Crippen LogP contribution in [0, 0.1) is 5.92 Å². The van der Waals surface area contributed by atoms with Gasteiger partial charge >= 0.3 is 5.97 Å². The number of nitrogen functional groups attached to an aromatic ring is 1. The highest BCUT2D eigenvalue weighted by Crippen LogP contribution is 2.22. The number of carboxylic acids is 1. The molecule has 1 amide bonds. The summed E-state index contributed by atoms with van der Waals surface area (Å²) < 4.78 is 0. The summed E-state index contributed by atoms with van der Waals surface area (Å²) >= 11 is 0.